The molecule has 9 nitrogen and oxygen atoms in total. The fourth-order valence-corrected chi connectivity index (χ4v) is 5.24. The molecule has 3 aromatic rings. The van der Waals surface area contributed by atoms with Crippen molar-refractivity contribution in [2.75, 3.05) is 37.6 Å². The van der Waals surface area contributed by atoms with Crippen molar-refractivity contribution in [1.29, 1.82) is 0 Å². The predicted octanol–water partition coefficient (Wildman–Crippen LogP) is 4.31. The first-order valence-corrected chi connectivity index (χ1v) is 13.1. The van der Waals surface area contributed by atoms with Crippen molar-refractivity contribution >= 4 is 17.5 Å². The van der Waals surface area contributed by atoms with Crippen LogP contribution in [0.25, 0.3) is 11.5 Å². The van der Waals surface area contributed by atoms with Gasteiger partial charge >= 0.3 is 6.43 Å². The topological polar surface area (TPSA) is 95.7 Å². The Morgan fingerprint density at radius 1 is 1.03 bits per heavy atom. The maximum Gasteiger partial charge on any atom is 0.314 e. The number of fused-ring (bicyclic) bond motifs is 1. The summed E-state index contributed by atoms with van der Waals surface area (Å²) in [6.45, 7) is 12.8. The van der Waals surface area contributed by atoms with Gasteiger partial charge in [-0.05, 0) is 49.6 Å². The van der Waals surface area contributed by atoms with E-state index < -0.39 is 17.7 Å². The molecule has 2 aliphatic rings. The molecule has 5 rings (SSSR count). The number of rotatable bonds is 7. The Balaban J connectivity index is 1.35. The first-order chi connectivity index (χ1) is 18.5. The van der Waals surface area contributed by atoms with Crippen LogP contribution >= 0.6 is 0 Å². The minimum atomic E-state index is -2.86. The van der Waals surface area contributed by atoms with Crippen molar-refractivity contribution in [1.82, 2.24) is 25.0 Å². The Kier molecular flexibility index (Phi) is 7.19. The third kappa shape index (κ3) is 5.27. The van der Waals surface area contributed by atoms with Crippen LogP contribution in [0.5, 0.6) is 0 Å². The lowest BCUT2D eigenvalue weighted by atomic mass is 9.77. The summed E-state index contributed by atoms with van der Waals surface area (Å²) in [5, 5.41) is 6.95. The number of nitrogens with zero attached hydrogens (tertiary/aromatic N) is 6. The maximum atomic E-state index is 13.6. The number of benzene rings is 1. The normalized spacial score (nSPS) is 17.8. The molecule has 206 valence electrons. The van der Waals surface area contributed by atoms with Crippen molar-refractivity contribution in [2.45, 2.75) is 46.1 Å². The Hall–Kier alpha value is -3.73. The van der Waals surface area contributed by atoms with Gasteiger partial charge in [0.05, 0.1) is 23.2 Å². The molecule has 1 saturated heterocycles. The highest BCUT2D eigenvalue weighted by atomic mass is 19.3. The van der Waals surface area contributed by atoms with E-state index in [1.165, 1.54) is 11.1 Å². The molecule has 0 unspecified atom stereocenters. The second-order valence-electron chi connectivity index (χ2n) is 11.0. The molecule has 4 heterocycles. The van der Waals surface area contributed by atoms with Gasteiger partial charge < -0.3 is 9.32 Å². The molecular formula is C28H32F2N6O3. The molecule has 2 amide bonds. The number of carbonyl (C=O) groups excluding carboxylic acids is 2. The number of pyridine rings is 1. The van der Waals surface area contributed by atoms with Crippen LogP contribution in [0, 0.1) is 5.92 Å². The molecule has 0 aliphatic carbocycles. The molecule has 2 aliphatic heterocycles. The maximum absolute atomic E-state index is 13.6. The van der Waals surface area contributed by atoms with Crippen molar-refractivity contribution in [3.63, 3.8) is 0 Å². The molecule has 0 saturated carbocycles. The highest BCUT2D eigenvalue weighted by molar-refractivity contribution is 6.13. The number of hydrogen-bond acceptors (Lipinski definition) is 8. The number of imide groups is 1. The van der Waals surface area contributed by atoms with E-state index in [1.807, 2.05) is 32.0 Å². The first-order valence-electron chi connectivity index (χ1n) is 13.1. The highest BCUT2D eigenvalue weighted by Gasteiger charge is 2.44. The predicted molar refractivity (Wildman–Crippen MR) is 140 cm³/mol. The average molecular weight is 539 g/mol. The molecule has 0 bridgehead atoms. The van der Waals surface area contributed by atoms with E-state index in [-0.39, 0.29) is 24.2 Å². The number of aromatic nitrogens is 3. The number of carbonyl (C=O) groups is 2. The lowest BCUT2D eigenvalue weighted by Gasteiger charge is -2.39. The van der Waals surface area contributed by atoms with Gasteiger partial charge in [0.1, 0.15) is 0 Å². The molecule has 0 N–H and O–H groups in total. The van der Waals surface area contributed by atoms with E-state index in [0.29, 0.717) is 28.3 Å². The molecule has 2 aromatic heterocycles. The van der Waals surface area contributed by atoms with Crippen molar-refractivity contribution in [3.8, 4) is 11.5 Å². The lowest BCUT2D eigenvalue weighted by molar-refractivity contribution is -0.134. The zero-order valence-electron chi connectivity index (χ0n) is 22.5. The van der Waals surface area contributed by atoms with Crippen LogP contribution in [-0.4, -0.2) is 69.5 Å². The van der Waals surface area contributed by atoms with Crippen LogP contribution < -0.4 is 4.90 Å². The third-order valence-electron chi connectivity index (χ3n) is 7.31. The van der Waals surface area contributed by atoms with Crippen molar-refractivity contribution in [2.24, 2.45) is 5.92 Å². The highest BCUT2D eigenvalue weighted by Crippen LogP contribution is 2.37. The number of alkyl halides is 2. The summed E-state index contributed by atoms with van der Waals surface area (Å²) < 4.78 is 30.5. The zero-order chi connectivity index (χ0) is 27.9. The number of amides is 2. The Morgan fingerprint density at radius 3 is 2.38 bits per heavy atom. The number of halogens is 2. The summed E-state index contributed by atoms with van der Waals surface area (Å²) in [5.41, 5.74) is 2.13. The number of piperazine rings is 1. The summed E-state index contributed by atoms with van der Waals surface area (Å²) in [4.78, 5) is 37.4. The van der Waals surface area contributed by atoms with Gasteiger partial charge in [0.25, 0.3) is 11.8 Å². The molecule has 1 aromatic carbocycles. The first kappa shape index (κ1) is 26.9. The van der Waals surface area contributed by atoms with Crippen LogP contribution in [0.2, 0.25) is 0 Å². The van der Waals surface area contributed by atoms with Crippen molar-refractivity contribution < 1.29 is 22.8 Å². The minimum Gasteiger partial charge on any atom is -0.415 e. The smallest absolute Gasteiger partial charge is 0.314 e. The summed E-state index contributed by atoms with van der Waals surface area (Å²) in [5.74, 6) is -0.900. The Bertz CT molecular complexity index is 1360. The fourth-order valence-electron chi connectivity index (χ4n) is 5.24. The quantitative estimate of drug-likeness (QED) is 0.411. The van der Waals surface area contributed by atoms with Gasteiger partial charge in [0, 0.05) is 50.2 Å². The van der Waals surface area contributed by atoms with E-state index >= 15 is 0 Å². The summed E-state index contributed by atoms with van der Waals surface area (Å²) in [6, 6.07) is 9.01. The molecule has 0 radical (unpaired) electrons. The number of anilines is 1. The molecule has 11 heteroatoms. The fraction of sp³-hybridized carbons (Fsp3) is 0.464. The largest absolute Gasteiger partial charge is 0.415 e. The summed E-state index contributed by atoms with van der Waals surface area (Å²) in [6.07, 6.45) is -1.47. The van der Waals surface area contributed by atoms with Gasteiger partial charge in [-0.1, -0.05) is 19.9 Å². The van der Waals surface area contributed by atoms with Crippen LogP contribution in [-0.2, 0) is 16.8 Å². The second kappa shape index (κ2) is 10.4. The van der Waals surface area contributed by atoms with Crippen LogP contribution in [0.3, 0.4) is 0 Å². The van der Waals surface area contributed by atoms with Crippen molar-refractivity contribution in [3.05, 3.63) is 59.2 Å². The summed E-state index contributed by atoms with van der Waals surface area (Å²) in [7, 11) is 0. The van der Waals surface area contributed by atoms with Gasteiger partial charge in [-0.3, -0.25) is 24.4 Å². The second-order valence-corrected chi connectivity index (χ2v) is 11.0. The molecule has 0 atom stereocenters. The van der Waals surface area contributed by atoms with Crippen LogP contribution in [0.15, 0.2) is 40.9 Å². The molecule has 39 heavy (non-hydrogen) atoms. The monoisotopic (exact) mass is 538 g/mol. The third-order valence-corrected chi connectivity index (χ3v) is 7.31. The van der Waals surface area contributed by atoms with E-state index in [1.54, 1.807) is 12.1 Å². The standard InChI is InChI=1S/C28H32F2N6O3/c1-17(2)15-34-9-11-35(12-10-34)20-7-8-22-21(13-20)26(37)36(27(38)28(22,3)4)16-19-6-5-18(14-31-19)24-32-33-25(39-24)23(29)30/h5-8,13-14,17,23H,9-12,15-16H2,1-4H3. The Labute approximate surface area is 225 Å². The van der Waals surface area contributed by atoms with Crippen LogP contribution in [0.4, 0.5) is 14.5 Å². The van der Waals surface area contributed by atoms with Gasteiger partial charge in [0.2, 0.25) is 11.8 Å². The van der Waals surface area contributed by atoms with Gasteiger partial charge in [0.15, 0.2) is 0 Å². The van der Waals surface area contributed by atoms with Gasteiger partial charge in [-0.25, -0.2) is 0 Å². The van der Waals surface area contributed by atoms with E-state index in [2.05, 4.69) is 38.8 Å². The van der Waals surface area contributed by atoms with E-state index in [9.17, 15) is 18.4 Å². The average Bonchev–Trinajstić information content (AvgIpc) is 3.41. The van der Waals surface area contributed by atoms with E-state index in [0.717, 1.165) is 38.4 Å². The van der Waals surface area contributed by atoms with E-state index in [4.69, 9.17) is 4.42 Å². The van der Waals surface area contributed by atoms with Gasteiger partial charge in [-0.2, -0.15) is 8.78 Å². The van der Waals surface area contributed by atoms with Gasteiger partial charge in [-0.15, -0.1) is 10.2 Å². The SMILES string of the molecule is CC(C)CN1CCN(c2ccc3c(c2)C(=O)N(Cc2ccc(-c4nnc(C(F)F)o4)cn2)C(=O)C3(C)C)CC1. The summed E-state index contributed by atoms with van der Waals surface area (Å²) >= 11 is 0. The zero-order valence-corrected chi connectivity index (χ0v) is 22.5. The molecule has 1 fully saturated rings. The minimum absolute atomic E-state index is 0.0228. The molecule has 0 spiro atoms. The Morgan fingerprint density at radius 2 is 1.77 bits per heavy atom. The lowest BCUT2D eigenvalue weighted by Crippen LogP contribution is -2.51. The van der Waals surface area contributed by atoms with Crippen LogP contribution in [0.1, 0.15) is 61.6 Å². The molecular weight excluding hydrogens is 506 g/mol. The number of hydrogen-bond donors (Lipinski definition) is 0.